The van der Waals surface area contributed by atoms with Crippen molar-refractivity contribution in [1.82, 2.24) is 5.32 Å². The molecule has 2 rings (SSSR count). The summed E-state index contributed by atoms with van der Waals surface area (Å²) in [5, 5.41) is 3.68. The minimum absolute atomic E-state index is 0.505. The molecular weight excluding hydrogens is 194 g/mol. The Kier molecular flexibility index (Phi) is 3.65. The zero-order valence-electron chi connectivity index (χ0n) is 10.5. The van der Waals surface area contributed by atoms with Crippen LogP contribution >= 0.6 is 0 Å². The first kappa shape index (κ1) is 11.7. The molecule has 1 aromatic carbocycles. The predicted octanol–water partition coefficient (Wildman–Crippen LogP) is 3.40. The van der Waals surface area contributed by atoms with Gasteiger partial charge < -0.3 is 5.32 Å². The van der Waals surface area contributed by atoms with E-state index in [9.17, 15) is 0 Å². The minimum atomic E-state index is 0.505. The second-order valence-electron chi connectivity index (χ2n) is 5.35. The maximum Gasteiger partial charge on any atom is 0.0162 e. The summed E-state index contributed by atoms with van der Waals surface area (Å²) in [6.07, 6.45) is 5.15. The van der Waals surface area contributed by atoms with Crippen LogP contribution in [-0.4, -0.2) is 12.6 Å². The lowest BCUT2D eigenvalue weighted by molar-refractivity contribution is 0.252. The first-order chi connectivity index (χ1) is 7.74. The van der Waals surface area contributed by atoms with E-state index in [1.54, 1.807) is 0 Å². The molecule has 2 unspecified atom stereocenters. The van der Waals surface area contributed by atoms with Crippen LogP contribution in [0.1, 0.15) is 38.7 Å². The van der Waals surface area contributed by atoms with Crippen molar-refractivity contribution in [3.63, 3.8) is 0 Å². The van der Waals surface area contributed by atoms with E-state index in [4.69, 9.17) is 0 Å². The molecule has 88 valence electrons. The Balaban J connectivity index is 2.04. The molecule has 1 fully saturated rings. The summed E-state index contributed by atoms with van der Waals surface area (Å²) >= 11 is 0. The van der Waals surface area contributed by atoms with Gasteiger partial charge >= 0.3 is 0 Å². The van der Waals surface area contributed by atoms with Crippen LogP contribution in [0.15, 0.2) is 30.3 Å². The SMILES string of the molecule is CCCC1(C)CCNC1Cc1ccccc1. The molecule has 0 aromatic heterocycles. The molecule has 0 bridgehead atoms. The van der Waals surface area contributed by atoms with E-state index in [1.165, 1.54) is 37.8 Å². The molecule has 1 aliphatic heterocycles. The van der Waals surface area contributed by atoms with Crippen LogP contribution in [0.5, 0.6) is 0 Å². The topological polar surface area (TPSA) is 12.0 Å². The van der Waals surface area contributed by atoms with Crippen LogP contribution in [0, 0.1) is 5.41 Å². The molecule has 1 nitrogen and oxygen atoms in total. The van der Waals surface area contributed by atoms with E-state index in [2.05, 4.69) is 49.5 Å². The van der Waals surface area contributed by atoms with Crippen LogP contribution in [0.3, 0.4) is 0 Å². The lowest BCUT2D eigenvalue weighted by Crippen LogP contribution is -2.36. The number of hydrogen-bond acceptors (Lipinski definition) is 1. The summed E-state index contributed by atoms with van der Waals surface area (Å²) in [6, 6.07) is 11.5. The molecule has 0 radical (unpaired) electrons. The van der Waals surface area contributed by atoms with Crippen LogP contribution in [-0.2, 0) is 6.42 Å². The Labute approximate surface area is 99.3 Å². The molecule has 1 aliphatic rings. The third-order valence-electron chi connectivity index (χ3n) is 4.03. The molecule has 0 aliphatic carbocycles. The summed E-state index contributed by atoms with van der Waals surface area (Å²) in [5.74, 6) is 0. The van der Waals surface area contributed by atoms with Crippen molar-refractivity contribution in [2.45, 2.75) is 45.6 Å². The summed E-state index contributed by atoms with van der Waals surface area (Å²) in [7, 11) is 0. The molecule has 1 heteroatoms. The normalized spacial score (nSPS) is 29.5. The second-order valence-corrected chi connectivity index (χ2v) is 5.35. The molecule has 0 saturated carbocycles. The van der Waals surface area contributed by atoms with Gasteiger partial charge in [-0.2, -0.15) is 0 Å². The lowest BCUT2D eigenvalue weighted by Gasteiger charge is -2.31. The molecular formula is C15H23N. The van der Waals surface area contributed by atoms with Gasteiger partial charge in [-0.3, -0.25) is 0 Å². The highest BCUT2D eigenvalue weighted by Gasteiger charge is 2.37. The molecule has 16 heavy (non-hydrogen) atoms. The van der Waals surface area contributed by atoms with Crippen molar-refractivity contribution in [2.24, 2.45) is 5.41 Å². The van der Waals surface area contributed by atoms with Crippen molar-refractivity contribution in [2.75, 3.05) is 6.54 Å². The van der Waals surface area contributed by atoms with E-state index in [0.717, 1.165) is 0 Å². The quantitative estimate of drug-likeness (QED) is 0.815. The summed E-state index contributed by atoms with van der Waals surface area (Å²) in [6.45, 7) is 5.93. The standard InChI is InChI=1S/C15H23N/c1-3-9-15(2)10-11-16-14(15)12-13-7-5-4-6-8-13/h4-8,14,16H,3,9-12H2,1-2H3. The predicted molar refractivity (Wildman–Crippen MR) is 69.6 cm³/mol. The Morgan fingerprint density at radius 2 is 2.06 bits per heavy atom. The minimum Gasteiger partial charge on any atom is -0.313 e. The van der Waals surface area contributed by atoms with E-state index in [-0.39, 0.29) is 0 Å². The van der Waals surface area contributed by atoms with Gasteiger partial charge in [0.2, 0.25) is 0 Å². The third kappa shape index (κ3) is 2.46. The molecule has 1 N–H and O–H groups in total. The van der Waals surface area contributed by atoms with E-state index in [1.807, 2.05) is 0 Å². The Morgan fingerprint density at radius 1 is 1.31 bits per heavy atom. The van der Waals surface area contributed by atoms with Crippen molar-refractivity contribution in [1.29, 1.82) is 0 Å². The van der Waals surface area contributed by atoms with Crippen molar-refractivity contribution >= 4 is 0 Å². The monoisotopic (exact) mass is 217 g/mol. The summed E-state index contributed by atoms with van der Waals surface area (Å²) in [4.78, 5) is 0. The molecule has 1 saturated heterocycles. The highest BCUT2D eigenvalue weighted by molar-refractivity contribution is 5.17. The zero-order valence-corrected chi connectivity index (χ0v) is 10.5. The molecule has 0 amide bonds. The molecule has 1 aromatic rings. The fraction of sp³-hybridized carbons (Fsp3) is 0.600. The first-order valence-electron chi connectivity index (χ1n) is 6.52. The second kappa shape index (κ2) is 5.01. The van der Waals surface area contributed by atoms with Crippen molar-refractivity contribution in [3.8, 4) is 0 Å². The van der Waals surface area contributed by atoms with Gasteiger partial charge in [-0.25, -0.2) is 0 Å². The first-order valence-corrected chi connectivity index (χ1v) is 6.52. The van der Waals surface area contributed by atoms with Gasteiger partial charge in [0.15, 0.2) is 0 Å². The fourth-order valence-corrected chi connectivity index (χ4v) is 2.99. The van der Waals surface area contributed by atoms with Gasteiger partial charge in [0, 0.05) is 6.04 Å². The van der Waals surface area contributed by atoms with Gasteiger partial charge in [0.1, 0.15) is 0 Å². The van der Waals surface area contributed by atoms with E-state index < -0.39 is 0 Å². The van der Waals surface area contributed by atoms with Crippen molar-refractivity contribution < 1.29 is 0 Å². The molecule has 2 atom stereocenters. The highest BCUT2D eigenvalue weighted by Crippen LogP contribution is 2.36. The maximum absolute atomic E-state index is 3.68. The van der Waals surface area contributed by atoms with Crippen LogP contribution in [0.4, 0.5) is 0 Å². The number of hydrogen-bond donors (Lipinski definition) is 1. The molecule has 1 heterocycles. The van der Waals surface area contributed by atoms with Gasteiger partial charge in [-0.1, -0.05) is 50.6 Å². The lowest BCUT2D eigenvalue weighted by atomic mass is 9.76. The average Bonchev–Trinajstić information content (AvgIpc) is 2.62. The van der Waals surface area contributed by atoms with E-state index >= 15 is 0 Å². The summed E-state index contributed by atoms with van der Waals surface area (Å²) < 4.78 is 0. The Bertz CT molecular complexity index is 319. The highest BCUT2D eigenvalue weighted by atomic mass is 15.0. The maximum atomic E-state index is 3.68. The smallest absolute Gasteiger partial charge is 0.0162 e. The zero-order chi connectivity index (χ0) is 11.4. The van der Waals surface area contributed by atoms with Gasteiger partial charge in [0.05, 0.1) is 0 Å². The summed E-state index contributed by atoms with van der Waals surface area (Å²) in [5.41, 5.74) is 1.97. The van der Waals surface area contributed by atoms with Gasteiger partial charge in [0.25, 0.3) is 0 Å². The number of nitrogens with one attached hydrogen (secondary N) is 1. The Hall–Kier alpha value is -0.820. The van der Waals surface area contributed by atoms with Gasteiger partial charge in [-0.05, 0) is 36.8 Å². The largest absolute Gasteiger partial charge is 0.313 e. The number of rotatable bonds is 4. The van der Waals surface area contributed by atoms with Crippen LogP contribution in [0.25, 0.3) is 0 Å². The van der Waals surface area contributed by atoms with Crippen LogP contribution < -0.4 is 5.32 Å². The fourth-order valence-electron chi connectivity index (χ4n) is 2.99. The Morgan fingerprint density at radius 3 is 2.75 bits per heavy atom. The van der Waals surface area contributed by atoms with Gasteiger partial charge in [-0.15, -0.1) is 0 Å². The molecule has 0 spiro atoms. The third-order valence-corrected chi connectivity index (χ3v) is 4.03. The number of benzene rings is 1. The van der Waals surface area contributed by atoms with E-state index in [0.29, 0.717) is 11.5 Å². The average molecular weight is 217 g/mol. The van der Waals surface area contributed by atoms with Crippen molar-refractivity contribution in [3.05, 3.63) is 35.9 Å². The van der Waals surface area contributed by atoms with Crippen LogP contribution in [0.2, 0.25) is 0 Å².